The van der Waals surface area contributed by atoms with E-state index in [9.17, 15) is 0 Å². The molecule has 0 saturated carbocycles. The first-order valence-corrected chi connectivity index (χ1v) is 5.73. The molecule has 0 spiro atoms. The van der Waals surface area contributed by atoms with E-state index in [0.717, 1.165) is 52.1 Å². The fraction of sp³-hybridized carbons (Fsp3) is 1.00. The number of nitrogens with two attached hydrogens (primary N) is 2. The molecule has 4 nitrogen and oxygen atoms in total. The fourth-order valence-corrected chi connectivity index (χ4v) is 1.20. The average Bonchev–Trinajstić information content (AvgIpc) is 2.21. The molecule has 0 fully saturated rings. The molecule has 0 aromatic heterocycles. The Balaban J connectivity index is 0. The smallest absolute Gasteiger partial charge is 0 e. The van der Waals surface area contributed by atoms with Crippen LogP contribution in [0.2, 0.25) is 0 Å². The zero-order valence-corrected chi connectivity index (χ0v) is 11.0. The topological polar surface area (TPSA) is 76.1 Å². The first-order chi connectivity index (χ1) is 6.91. The standard InChI is InChI=1S/C10H26N4.Ag/c11-5-3-9-13-7-1-2-8-14-10-4-6-12;/h13-14H,1-12H2;. The maximum absolute atomic E-state index is 5.38. The molecule has 0 aliphatic heterocycles. The normalized spacial score (nSPS) is 10.0. The van der Waals surface area contributed by atoms with E-state index in [0.29, 0.717) is 0 Å². The second-order valence-corrected chi connectivity index (χ2v) is 3.49. The zero-order chi connectivity index (χ0) is 10.5. The van der Waals surface area contributed by atoms with E-state index in [4.69, 9.17) is 11.5 Å². The molecular formula is C10H26AgN4. The van der Waals surface area contributed by atoms with Gasteiger partial charge in [0, 0.05) is 22.4 Å². The predicted octanol–water partition coefficient (Wildman–Crippen LogP) is -0.359. The van der Waals surface area contributed by atoms with Crippen LogP contribution in [0.3, 0.4) is 0 Å². The van der Waals surface area contributed by atoms with Crippen molar-refractivity contribution in [3.63, 3.8) is 0 Å². The number of hydrogen-bond acceptors (Lipinski definition) is 4. The number of unbranched alkanes of at least 4 members (excludes halogenated alkanes) is 1. The summed E-state index contributed by atoms with van der Waals surface area (Å²) in [5.41, 5.74) is 10.8. The summed E-state index contributed by atoms with van der Waals surface area (Å²) in [5, 5.41) is 6.72. The Labute approximate surface area is 109 Å². The Morgan fingerprint density at radius 2 is 0.933 bits per heavy atom. The quantitative estimate of drug-likeness (QED) is 0.311. The Hall–Kier alpha value is 0.580. The van der Waals surface area contributed by atoms with Crippen molar-refractivity contribution < 1.29 is 22.4 Å². The van der Waals surface area contributed by atoms with Gasteiger partial charge in [0.1, 0.15) is 0 Å². The molecular weight excluding hydrogens is 284 g/mol. The van der Waals surface area contributed by atoms with Crippen LogP contribution in [-0.2, 0) is 22.4 Å². The van der Waals surface area contributed by atoms with Crippen molar-refractivity contribution in [2.45, 2.75) is 25.7 Å². The summed E-state index contributed by atoms with van der Waals surface area (Å²) in [5.74, 6) is 0. The number of nitrogens with one attached hydrogen (secondary N) is 2. The first kappa shape index (κ1) is 18.0. The molecule has 0 aromatic carbocycles. The van der Waals surface area contributed by atoms with E-state index in [1.807, 2.05) is 0 Å². The first-order valence-electron chi connectivity index (χ1n) is 5.73. The minimum Gasteiger partial charge on any atom is -0.330 e. The third kappa shape index (κ3) is 17.2. The number of rotatable bonds is 11. The second-order valence-electron chi connectivity index (χ2n) is 3.49. The van der Waals surface area contributed by atoms with Gasteiger partial charge in [0.15, 0.2) is 0 Å². The van der Waals surface area contributed by atoms with Gasteiger partial charge in [-0.15, -0.1) is 0 Å². The van der Waals surface area contributed by atoms with Crippen molar-refractivity contribution in [3.05, 3.63) is 0 Å². The maximum Gasteiger partial charge on any atom is 0 e. The van der Waals surface area contributed by atoms with Crippen LogP contribution < -0.4 is 22.1 Å². The molecule has 0 rings (SSSR count). The third-order valence-corrected chi connectivity index (χ3v) is 2.07. The minimum absolute atomic E-state index is 0. The summed E-state index contributed by atoms with van der Waals surface area (Å²) in [6, 6.07) is 0. The van der Waals surface area contributed by atoms with E-state index < -0.39 is 0 Å². The van der Waals surface area contributed by atoms with Gasteiger partial charge in [-0.1, -0.05) is 0 Å². The molecule has 0 aliphatic rings. The molecule has 0 unspecified atom stereocenters. The van der Waals surface area contributed by atoms with Crippen LogP contribution in [0.25, 0.3) is 0 Å². The van der Waals surface area contributed by atoms with Gasteiger partial charge in [-0.3, -0.25) is 0 Å². The summed E-state index contributed by atoms with van der Waals surface area (Å²) in [7, 11) is 0. The summed E-state index contributed by atoms with van der Waals surface area (Å²) in [6.45, 7) is 5.90. The van der Waals surface area contributed by atoms with Gasteiger partial charge >= 0.3 is 0 Å². The molecule has 97 valence electrons. The van der Waals surface area contributed by atoms with E-state index in [1.165, 1.54) is 12.8 Å². The van der Waals surface area contributed by atoms with Gasteiger partial charge in [0.25, 0.3) is 0 Å². The Morgan fingerprint density at radius 3 is 1.27 bits per heavy atom. The summed E-state index contributed by atoms with van der Waals surface area (Å²) in [4.78, 5) is 0. The van der Waals surface area contributed by atoms with Crippen LogP contribution in [0.1, 0.15) is 25.7 Å². The molecule has 0 atom stereocenters. The van der Waals surface area contributed by atoms with Crippen molar-refractivity contribution in [1.82, 2.24) is 10.6 Å². The van der Waals surface area contributed by atoms with Crippen LogP contribution in [-0.4, -0.2) is 39.3 Å². The summed E-state index contributed by atoms with van der Waals surface area (Å²) >= 11 is 0. The summed E-state index contributed by atoms with van der Waals surface area (Å²) < 4.78 is 0. The largest absolute Gasteiger partial charge is 0.330 e. The zero-order valence-electron chi connectivity index (χ0n) is 9.53. The molecule has 6 N–H and O–H groups in total. The average molecular weight is 310 g/mol. The van der Waals surface area contributed by atoms with Crippen molar-refractivity contribution >= 4 is 0 Å². The minimum atomic E-state index is 0. The van der Waals surface area contributed by atoms with Crippen molar-refractivity contribution in [2.75, 3.05) is 39.3 Å². The van der Waals surface area contributed by atoms with Gasteiger partial charge in [-0.05, 0) is 65.0 Å². The molecule has 1 radical (unpaired) electrons. The molecule has 0 amide bonds. The predicted molar refractivity (Wildman–Crippen MR) is 62.3 cm³/mol. The van der Waals surface area contributed by atoms with Crippen LogP contribution in [0.15, 0.2) is 0 Å². The Bertz CT molecular complexity index is 91.4. The van der Waals surface area contributed by atoms with E-state index in [1.54, 1.807) is 0 Å². The molecule has 0 saturated heterocycles. The molecule has 0 aromatic rings. The second kappa shape index (κ2) is 17.0. The number of hydrogen-bond donors (Lipinski definition) is 4. The van der Waals surface area contributed by atoms with E-state index in [2.05, 4.69) is 10.6 Å². The maximum atomic E-state index is 5.38. The van der Waals surface area contributed by atoms with Gasteiger partial charge < -0.3 is 22.1 Å². The van der Waals surface area contributed by atoms with E-state index >= 15 is 0 Å². The van der Waals surface area contributed by atoms with Gasteiger partial charge in [-0.2, -0.15) is 0 Å². The van der Waals surface area contributed by atoms with Crippen molar-refractivity contribution in [1.29, 1.82) is 0 Å². The van der Waals surface area contributed by atoms with Crippen molar-refractivity contribution in [2.24, 2.45) is 11.5 Å². The van der Waals surface area contributed by atoms with Gasteiger partial charge in [0.05, 0.1) is 0 Å². The van der Waals surface area contributed by atoms with Crippen LogP contribution >= 0.6 is 0 Å². The van der Waals surface area contributed by atoms with Crippen molar-refractivity contribution in [3.8, 4) is 0 Å². The van der Waals surface area contributed by atoms with Gasteiger partial charge in [0.2, 0.25) is 0 Å². The Morgan fingerprint density at radius 1 is 0.600 bits per heavy atom. The molecule has 5 heteroatoms. The van der Waals surface area contributed by atoms with Gasteiger partial charge in [-0.25, -0.2) is 0 Å². The third-order valence-electron chi connectivity index (χ3n) is 2.07. The van der Waals surface area contributed by atoms with E-state index in [-0.39, 0.29) is 22.4 Å². The summed E-state index contributed by atoms with van der Waals surface area (Å²) in [6.07, 6.45) is 4.63. The molecule has 0 bridgehead atoms. The molecule has 0 aliphatic carbocycles. The molecule has 15 heavy (non-hydrogen) atoms. The molecule has 0 heterocycles. The van der Waals surface area contributed by atoms with Crippen LogP contribution in [0.4, 0.5) is 0 Å². The fourth-order valence-electron chi connectivity index (χ4n) is 1.20. The SMILES string of the molecule is NCCCNCCCCNCCCN.[Ag]. The van der Waals surface area contributed by atoms with Crippen LogP contribution in [0.5, 0.6) is 0 Å². The Kier molecular flexibility index (Phi) is 20.3. The monoisotopic (exact) mass is 309 g/mol. The van der Waals surface area contributed by atoms with Crippen LogP contribution in [0, 0.1) is 0 Å².